The van der Waals surface area contributed by atoms with Gasteiger partial charge in [-0.25, -0.2) is 5.84 Å². The van der Waals surface area contributed by atoms with Crippen molar-refractivity contribution < 1.29 is 4.79 Å². The maximum absolute atomic E-state index is 12.6. The molecule has 0 radical (unpaired) electrons. The normalized spacial score (nSPS) is 23.6. The van der Waals surface area contributed by atoms with Gasteiger partial charge in [0.05, 0.1) is 12.5 Å². The SMILES string of the molecule is Cc1ccc(C(CCN2C3CC2CC(n2c(C)nnc2C(C)C)C3)NC(=O)C/C(=N/N)NN)s1. The van der Waals surface area contributed by atoms with E-state index < -0.39 is 0 Å². The number of nitrogens with one attached hydrogen (secondary N) is 2. The first-order chi connectivity index (χ1) is 16.3. The average molecular weight is 488 g/mol. The molecule has 2 aliphatic heterocycles. The lowest BCUT2D eigenvalue weighted by Crippen LogP contribution is -2.61. The highest BCUT2D eigenvalue weighted by molar-refractivity contribution is 7.12. The van der Waals surface area contributed by atoms with Crippen molar-refractivity contribution in [1.29, 1.82) is 0 Å². The Morgan fingerprint density at radius 1 is 1.21 bits per heavy atom. The Labute approximate surface area is 205 Å². The van der Waals surface area contributed by atoms with E-state index in [-0.39, 0.29) is 24.2 Å². The molecule has 5 rings (SSSR count). The van der Waals surface area contributed by atoms with Crippen LogP contribution in [0.4, 0.5) is 0 Å². The van der Waals surface area contributed by atoms with Crippen LogP contribution in [0.15, 0.2) is 17.2 Å². The first kappa shape index (κ1) is 24.6. The molecule has 11 heteroatoms. The van der Waals surface area contributed by atoms with Crippen LogP contribution in [-0.2, 0) is 4.79 Å². The Morgan fingerprint density at radius 2 is 1.91 bits per heavy atom. The van der Waals surface area contributed by atoms with E-state index in [2.05, 4.69) is 75.3 Å². The molecule has 0 spiro atoms. The van der Waals surface area contributed by atoms with Gasteiger partial charge in [-0.05, 0) is 51.7 Å². The fourth-order valence-electron chi connectivity index (χ4n) is 5.48. The van der Waals surface area contributed by atoms with Crippen molar-refractivity contribution in [3.05, 3.63) is 33.5 Å². The number of aromatic nitrogens is 3. The molecule has 6 N–H and O–H groups in total. The van der Waals surface area contributed by atoms with E-state index in [9.17, 15) is 4.79 Å². The number of hydrazone groups is 1. The van der Waals surface area contributed by atoms with Crippen LogP contribution in [0.5, 0.6) is 0 Å². The number of amidine groups is 1. The third kappa shape index (κ3) is 5.11. The van der Waals surface area contributed by atoms with Crippen LogP contribution in [0.25, 0.3) is 0 Å². The zero-order valence-corrected chi connectivity index (χ0v) is 21.3. The number of hydrazine groups is 1. The number of carbonyl (C=O) groups excluding carboxylic acids is 1. The van der Waals surface area contributed by atoms with Crippen LogP contribution in [0.3, 0.4) is 0 Å². The summed E-state index contributed by atoms with van der Waals surface area (Å²) >= 11 is 1.73. The summed E-state index contributed by atoms with van der Waals surface area (Å²) in [5.41, 5.74) is 2.37. The monoisotopic (exact) mass is 487 g/mol. The summed E-state index contributed by atoms with van der Waals surface area (Å²) in [5, 5.41) is 15.5. The van der Waals surface area contributed by atoms with Crippen molar-refractivity contribution in [3.63, 3.8) is 0 Å². The third-order valence-electron chi connectivity index (χ3n) is 7.11. The number of fused-ring (bicyclic) bond motifs is 2. The molecule has 2 aromatic heterocycles. The van der Waals surface area contributed by atoms with Crippen LogP contribution in [0.1, 0.15) is 85.4 Å². The van der Waals surface area contributed by atoms with Crippen molar-refractivity contribution in [1.82, 2.24) is 30.4 Å². The van der Waals surface area contributed by atoms with E-state index in [1.54, 1.807) is 11.3 Å². The number of amides is 1. The second-order valence-corrected chi connectivity index (χ2v) is 11.1. The van der Waals surface area contributed by atoms with E-state index in [0.717, 1.165) is 37.5 Å². The number of hydrogen-bond acceptors (Lipinski definition) is 8. The number of aryl methyl sites for hydroxylation is 2. The molecule has 1 aliphatic carbocycles. The van der Waals surface area contributed by atoms with Crippen LogP contribution in [0.2, 0.25) is 0 Å². The number of hydrogen-bond donors (Lipinski definition) is 4. The van der Waals surface area contributed by atoms with Gasteiger partial charge in [0, 0.05) is 40.3 Å². The minimum Gasteiger partial charge on any atom is -0.348 e. The molecular formula is C23H37N9OS. The van der Waals surface area contributed by atoms with E-state index in [1.165, 1.54) is 16.2 Å². The van der Waals surface area contributed by atoms with Gasteiger partial charge in [0.25, 0.3) is 0 Å². The van der Waals surface area contributed by atoms with Gasteiger partial charge in [-0.3, -0.25) is 9.69 Å². The number of rotatable bonds is 9. The van der Waals surface area contributed by atoms with Gasteiger partial charge in [-0.15, -0.1) is 21.5 Å². The summed E-state index contributed by atoms with van der Waals surface area (Å²) in [6.07, 6.45) is 4.40. The lowest BCUT2D eigenvalue weighted by atomic mass is 9.76. The van der Waals surface area contributed by atoms with Gasteiger partial charge < -0.3 is 21.2 Å². The van der Waals surface area contributed by atoms with Crippen molar-refractivity contribution in [2.45, 2.75) is 89.9 Å². The first-order valence-corrected chi connectivity index (χ1v) is 12.9. The Kier molecular flexibility index (Phi) is 7.54. The lowest BCUT2D eigenvalue weighted by molar-refractivity contribution is -0.120. The highest BCUT2D eigenvalue weighted by atomic mass is 32.1. The Hall–Kier alpha value is -2.50. The molecule has 34 heavy (non-hydrogen) atoms. The van der Waals surface area contributed by atoms with Crippen LogP contribution in [0, 0.1) is 13.8 Å². The van der Waals surface area contributed by atoms with Gasteiger partial charge in [-0.2, -0.15) is 5.10 Å². The van der Waals surface area contributed by atoms with Crippen LogP contribution in [-0.4, -0.2) is 50.0 Å². The molecule has 3 aliphatic rings. The van der Waals surface area contributed by atoms with Crippen molar-refractivity contribution >= 4 is 23.1 Å². The van der Waals surface area contributed by atoms with E-state index in [4.69, 9.17) is 11.7 Å². The van der Waals surface area contributed by atoms with Gasteiger partial charge >= 0.3 is 0 Å². The molecule has 3 atom stereocenters. The Bertz CT molecular complexity index is 1020. The molecule has 2 bridgehead atoms. The minimum atomic E-state index is -0.147. The summed E-state index contributed by atoms with van der Waals surface area (Å²) in [6, 6.07) is 5.78. The summed E-state index contributed by atoms with van der Waals surface area (Å²) in [7, 11) is 0. The number of piperidine rings is 1. The number of nitrogens with zero attached hydrogens (tertiary/aromatic N) is 5. The van der Waals surface area contributed by atoms with Gasteiger partial charge in [0.2, 0.25) is 5.91 Å². The highest BCUT2D eigenvalue weighted by Gasteiger charge is 2.46. The lowest BCUT2D eigenvalue weighted by Gasteiger charge is -2.56. The largest absolute Gasteiger partial charge is 0.348 e. The fourth-order valence-corrected chi connectivity index (χ4v) is 6.44. The van der Waals surface area contributed by atoms with E-state index in [1.807, 2.05) is 0 Å². The Morgan fingerprint density at radius 3 is 2.50 bits per heavy atom. The van der Waals surface area contributed by atoms with E-state index >= 15 is 0 Å². The average Bonchev–Trinajstić information content (AvgIpc) is 3.42. The van der Waals surface area contributed by atoms with Gasteiger partial charge in [0.1, 0.15) is 17.5 Å². The zero-order chi connectivity index (χ0) is 24.4. The number of nitrogens with two attached hydrogens (primary N) is 2. The molecule has 3 fully saturated rings. The number of carbonyl (C=O) groups is 1. The van der Waals surface area contributed by atoms with Crippen molar-refractivity contribution in [3.8, 4) is 0 Å². The highest BCUT2D eigenvalue weighted by Crippen LogP contribution is 2.44. The molecule has 1 amide bonds. The van der Waals surface area contributed by atoms with Crippen molar-refractivity contribution in [2.75, 3.05) is 6.54 Å². The molecule has 186 valence electrons. The topological polar surface area (TPSA) is 139 Å². The minimum absolute atomic E-state index is 0.0287. The quantitative estimate of drug-likeness (QED) is 0.184. The van der Waals surface area contributed by atoms with E-state index in [0.29, 0.717) is 24.0 Å². The van der Waals surface area contributed by atoms with Crippen LogP contribution < -0.4 is 22.4 Å². The standard InChI is InChI=1S/C23H37N9OS/c1-13(2)23-30-29-15(4)32(23)18-10-16-9-17(11-18)31(16)8-7-19(20-6-5-14(3)34-20)26-22(33)12-21(27-24)28-25/h5-6,13,16-19H,7-12,24-25H2,1-4H3,(H,26,33)(H,27,28). The summed E-state index contributed by atoms with van der Waals surface area (Å²) in [6.45, 7) is 9.47. The summed E-state index contributed by atoms with van der Waals surface area (Å²) in [5.74, 6) is 13.3. The summed E-state index contributed by atoms with van der Waals surface area (Å²) in [4.78, 5) is 17.6. The molecular weight excluding hydrogens is 450 g/mol. The van der Waals surface area contributed by atoms with Crippen LogP contribution >= 0.6 is 11.3 Å². The zero-order valence-electron chi connectivity index (χ0n) is 20.5. The Balaban J connectivity index is 1.38. The molecule has 0 aromatic carbocycles. The molecule has 4 heterocycles. The second kappa shape index (κ2) is 10.4. The molecule has 10 nitrogen and oxygen atoms in total. The predicted octanol–water partition coefficient (Wildman–Crippen LogP) is 2.23. The predicted molar refractivity (Wildman–Crippen MR) is 134 cm³/mol. The molecule has 2 aromatic rings. The third-order valence-corrected chi connectivity index (χ3v) is 8.23. The molecule has 2 saturated heterocycles. The molecule has 3 unspecified atom stereocenters. The summed E-state index contributed by atoms with van der Waals surface area (Å²) < 4.78 is 2.38. The first-order valence-electron chi connectivity index (χ1n) is 12.1. The maximum Gasteiger partial charge on any atom is 0.228 e. The van der Waals surface area contributed by atoms with Gasteiger partial charge in [0.15, 0.2) is 0 Å². The molecule has 1 saturated carbocycles. The van der Waals surface area contributed by atoms with Gasteiger partial charge in [-0.1, -0.05) is 13.8 Å². The van der Waals surface area contributed by atoms with Crippen molar-refractivity contribution in [2.24, 2.45) is 16.8 Å². The number of thiophene rings is 1. The maximum atomic E-state index is 12.6. The fraction of sp³-hybridized carbons (Fsp3) is 0.652. The smallest absolute Gasteiger partial charge is 0.228 e. The second-order valence-electron chi connectivity index (χ2n) is 9.79.